The Labute approximate surface area is 112 Å². The van der Waals surface area contributed by atoms with Gasteiger partial charge in [-0.1, -0.05) is 18.5 Å². The van der Waals surface area contributed by atoms with Crippen molar-refractivity contribution in [2.45, 2.75) is 25.7 Å². The monoisotopic (exact) mass is 261 g/mol. The first-order valence-corrected chi connectivity index (χ1v) is 6.46. The summed E-state index contributed by atoms with van der Waals surface area (Å²) in [4.78, 5) is 4.43. The van der Waals surface area contributed by atoms with Crippen molar-refractivity contribution in [3.05, 3.63) is 30.2 Å². The summed E-state index contributed by atoms with van der Waals surface area (Å²) >= 11 is 0. The lowest BCUT2D eigenvalue weighted by Gasteiger charge is -2.06. The Morgan fingerprint density at radius 2 is 2.05 bits per heavy atom. The maximum atomic E-state index is 5.73. The van der Waals surface area contributed by atoms with Crippen molar-refractivity contribution < 1.29 is 9.26 Å². The maximum Gasteiger partial charge on any atom is 0.231 e. The number of hydrogen-bond acceptors (Lipinski definition) is 5. The maximum absolute atomic E-state index is 5.73. The lowest BCUT2D eigenvalue weighted by atomic mass is 10.0. The zero-order valence-corrected chi connectivity index (χ0v) is 11.3. The van der Waals surface area contributed by atoms with E-state index < -0.39 is 0 Å². The van der Waals surface area contributed by atoms with Crippen LogP contribution in [0, 0.1) is 0 Å². The highest BCUT2D eigenvalue weighted by Crippen LogP contribution is 2.23. The van der Waals surface area contributed by atoms with E-state index in [1.54, 1.807) is 7.11 Å². The van der Waals surface area contributed by atoms with Gasteiger partial charge in [0.05, 0.1) is 13.0 Å². The minimum Gasteiger partial charge on any atom is -0.497 e. The minimum atomic E-state index is 0.143. The Hall–Kier alpha value is -1.88. The van der Waals surface area contributed by atoms with Crippen molar-refractivity contribution in [2.24, 2.45) is 5.73 Å². The molecule has 0 aliphatic carbocycles. The van der Waals surface area contributed by atoms with Crippen LogP contribution in [0.5, 0.6) is 5.75 Å². The molecule has 2 rings (SSSR count). The van der Waals surface area contributed by atoms with Gasteiger partial charge >= 0.3 is 0 Å². The molecule has 1 unspecified atom stereocenters. The molecule has 1 aromatic carbocycles. The summed E-state index contributed by atoms with van der Waals surface area (Å²) in [6.45, 7) is 2.64. The third kappa shape index (κ3) is 3.12. The Kier molecular flexibility index (Phi) is 4.52. The third-order valence-electron chi connectivity index (χ3n) is 3.06. The van der Waals surface area contributed by atoms with Gasteiger partial charge in [0.1, 0.15) is 5.75 Å². The molecule has 5 nitrogen and oxygen atoms in total. The fraction of sp³-hybridized carbons (Fsp3) is 0.429. The van der Waals surface area contributed by atoms with E-state index in [-0.39, 0.29) is 5.92 Å². The summed E-state index contributed by atoms with van der Waals surface area (Å²) in [6.07, 6.45) is 2.00. The first kappa shape index (κ1) is 13.5. The van der Waals surface area contributed by atoms with E-state index in [0.29, 0.717) is 18.3 Å². The fourth-order valence-corrected chi connectivity index (χ4v) is 1.95. The van der Waals surface area contributed by atoms with Crippen molar-refractivity contribution in [1.29, 1.82) is 0 Å². The van der Waals surface area contributed by atoms with Gasteiger partial charge in [-0.25, -0.2) is 0 Å². The molecule has 0 aliphatic heterocycles. The summed E-state index contributed by atoms with van der Waals surface area (Å²) in [7, 11) is 1.64. The van der Waals surface area contributed by atoms with Gasteiger partial charge in [-0.15, -0.1) is 0 Å². The van der Waals surface area contributed by atoms with Gasteiger partial charge in [0, 0.05) is 12.1 Å². The number of hydrogen-bond donors (Lipinski definition) is 1. The van der Waals surface area contributed by atoms with Gasteiger partial charge < -0.3 is 15.0 Å². The average Bonchev–Trinajstić information content (AvgIpc) is 2.94. The molecule has 0 amide bonds. The molecule has 0 saturated heterocycles. The number of nitrogens with zero attached hydrogens (tertiary/aromatic N) is 2. The van der Waals surface area contributed by atoms with Gasteiger partial charge in [0.2, 0.25) is 11.7 Å². The first-order valence-electron chi connectivity index (χ1n) is 6.46. The molecule has 1 heterocycles. The molecule has 2 aromatic rings. The van der Waals surface area contributed by atoms with E-state index in [2.05, 4.69) is 17.1 Å². The molecule has 1 aromatic heterocycles. The standard InChI is InChI=1S/C14H19N3O2/c1-3-4-11(9-15)14-16-13(17-19-14)10-5-7-12(18-2)8-6-10/h5-8,11H,3-4,9,15H2,1-2H3. The summed E-state index contributed by atoms with van der Waals surface area (Å²) < 4.78 is 10.4. The molecule has 102 valence electrons. The van der Waals surface area contributed by atoms with Gasteiger partial charge in [-0.2, -0.15) is 4.98 Å². The molecule has 19 heavy (non-hydrogen) atoms. The molecular weight excluding hydrogens is 242 g/mol. The average molecular weight is 261 g/mol. The number of aromatic nitrogens is 2. The second kappa shape index (κ2) is 6.33. The molecule has 0 saturated carbocycles. The fourth-order valence-electron chi connectivity index (χ4n) is 1.95. The summed E-state index contributed by atoms with van der Waals surface area (Å²) in [5, 5.41) is 4.01. The molecule has 2 N–H and O–H groups in total. The number of methoxy groups -OCH3 is 1. The second-order valence-electron chi connectivity index (χ2n) is 4.41. The Morgan fingerprint density at radius 3 is 2.63 bits per heavy atom. The van der Waals surface area contributed by atoms with Crippen molar-refractivity contribution in [3.8, 4) is 17.1 Å². The quantitative estimate of drug-likeness (QED) is 0.865. The van der Waals surface area contributed by atoms with E-state index in [0.717, 1.165) is 24.2 Å². The van der Waals surface area contributed by atoms with E-state index in [1.165, 1.54) is 0 Å². The van der Waals surface area contributed by atoms with Crippen LogP contribution >= 0.6 is 0 Å². The predicted octanol–water partition coefficient (Wildman–Crippen LogP) is 2.59. The molecule has 0 radical (unpaired) electrons. The van der Waals surface area contributed by atoms with Gasteiger partial charge in [0.25, 0.3) is 0 Å². The highest BCUT2D eigenvalue weighted by molar-refractivity contribution is 5.55. The van der Waals surface area contributed by atoms with E-state index >= 15 is 0 Å². The molecule has 0 aliphatic rings. The number of rotatable bonds is 6. The summed E-state index contributed by atoms with van der Waals surface area (Å²) in [5.41, 5.74) is 6.64. The Balaban J connectivity index is 2.19. The number of nitrogens with two attached hydrogens (primary N) is 1. The topological polar surface area (TPSA) is 74.2 Å². The molecule has 1 atom stereocenters. The zero-order valence-electron chi connectivity index (χ0n) is 11.3. The van der Waals surface area contributed by atoms with Crippen LogP contribution in [0.15, 0.2) is 28.8 Å². The van der Waals surface area contributed by atoms with Gasteiger partial charge in [0.15, 0.2) is 0 Å². The first-order chi connectivity index (χ1) is 9.28. The van der Waals surface area contributed by atoms with Crippen LogP contribution in [0.4, 0.5) is 0 Å². The van der Waals surface area contributed by atoms with Crippen molar-refractivity contribution >= 4 is 0 Å². The number of benzene rings is 1. The molecule has 0 fully saturated rings. The van der Waals surface area contributed by atoms with E-state index in [1.807, 2.05) is 24.3 Å². The summed E-state index contributed by atoms with van der Waals surface area (Å²) in [6, 6.07) is 7.56. The van der Waals surface area contributed by atoms with Crippen LogP contribution in [0.2, 0.25) is 0 Å². The lowest BCUT2D eigenvalue weighted by molar-refractivity contribution is 0.347. The molecule has 0 bridgehead atoms. The van der Waals surface area contributed by atoms with Gasteiger partial charge in [-0.05, 0) is 30.7 Å². The Bertz CT molecular complexity index is 508. The smallest absolute Gasteiger partial charge is 0.231 e. The zero-order chi connectivity index (χ0) is 13.7. The van der Waals surface area contributed by atoms with Crippen LogP contribution in [0.1, 0.15) is 31.6 Å². The van der Waals surface area contributed by atoms with Crippen molar-refractivity contribution in [1.82, 2.24) is 10.1 Å². The number of ether oxygens (including phenoxy) is 1. The second-order valence-corrected chi connectivity index (χ2v) is 4.41. The van der Waals surface area contributed by atoms with Crippen molar-refractivity contribution in [3.63, 3.8) is 0 Å². The highest BCUT2D eigenvalue weighted by Gasteiger charge is 2.17. The van der Waals surface area contributed by atoms with Crippen LogP contribution in [-0.2, 0) is 0 Å². The van der Waals surface area contributed by atoms with Crippen LogP contribution < -0.4 is 10.5 Å². The van der Waals surface area contributed by atoms with Crippen molar-refractivity contribution in [2.75, 3.05) is 13.7 Å². The third-order valence-corrected chi connectivity index (χ3v) is 3.06. The SMILES string of the molecule is CCCC(CN)c1nc(-c2ccc(OC)cc2)no1. The Morgan fingerprint density at radius 1 is 1.32 bits per heavy atom. The van der Waals surface area contributed by atoms with Gasteiger partial charge in [-0.3, -0.25) is 0 Å². The molecule has 0 spiro atoms. The summed E-state index contributed by atoms with van der Waals surface area (Å²) in [5.74, 6) is 2.16. The lowest BCUT2D eigenvalue weighted by Crippen LogP contribution is -2.12. The van der Waals surface area contributed by atoms with Crippen LogP contribution in [0.3, 0.4) is 0 Å². The normalized spacial score (nSPS) is 12.4. The van der Waals surface area contributed by atoms with E-state index in [4.69, 9.17) is 15.0 Å². The van der Waals surface area contributed by atoms with Crippen LogP contribution in [0.25, 0.3) is 11.4 Å². The minimum absolute atomic E-state index is 0.143. The van der Waals surface area contributed by atoms with Crippen LogP contribution in [-0.4, -0.2) is 23.8 Å². The largest absolute Gasteiger partial charge is 0.497 e. The van der Waals surface area contributed by atoms with E-state index in [9.17, 15) is 0 Å². The molecule has 5 heteroatoms. The predicted molar refractivity (Wildman–Crippen MR) is 73.0 cm³/mol. The highest BCUT2D eigenvalue weighted by atomic mass is 16.5. The molecular formula is C14H19N3O2.